The van der Waals surface area contributed by atoms with Gasteiger partial charge < -0.3 is 5.11 Å². The molecule has 5 rings (SSSR count). The Morgan fingerprint density at radius 2 is 1.56 bits per heavy atom. The monoisotopic (exact) mass is 498 g/mol. The number of hydrogen-bond donors (Lipinski definition) is 2. The summed E-state index contributed by atoms with van der Waals surface area (Å²) in [4.78, 5) is 38.0. The van der Waals surface area contributed by atoms with Crippen molar-refractivity contribution in [2.45, 2.75) is 24.1 Å². The summed E-state index contributed by atoms with van der Waals surface area (Å²) >= 11 is 1.01. The first-order valence-electron chi connectivity index (χ1n) is 11.3. The van der Waals surface area contributed by atoms with Crippen LogP contribution in [0.25, 0.3) is 0 Å². The average molecular weight is 499 g/mol. The zero-order valence-electron chi connectivity index (χ0n) is 19.1. The first-order valence-corrected chi connectivity index (χ1v) is 12.2. The van der Waals surface area contributed by atoms with Crippen LogP contribution in [0.4, 0.5) is 5.69 Å². The molecule has 2 aliphatic rings. The molecule has 0 aromatic heterocycles. The third-order valence-electron chi connectivity index (χ3n) is 6.14. The quantitative estimate of drug-likeness (QED) is 0.303. The van der Waals surface area contributed by atoms with Crippen molar-refractivity contribution in [1.82, 2.24) is 5.01 Å². The Bertz CT molecular complexity index is 1360. The molecule has 1 fully saturated rings. The van der Waals surface area contributed by atoms with Crippen LogP contribution in [-0.4, -0.2) is 44.0 Å². The summed E-state index contributed by atoms with van der Waals surface area (Å²) in [5.41, 5.74) is 3.22. The molecule has 0 bridgehead atoms. The lowest BCUT2D eigenvalue weighted by molar-refractivity contribution is -0.121. The van der Waals surface area contributed by atoms with E-state index in [1.54, 1.807) is 5.01 Å². The molecule has 9 heteroatoms. The van der Waals surface area contributed by atoms with Crippen molar-refractivity contribution in [3.63, 3.8) is 0 Å². The number of amides is 2. The van der Waals surface area contributed by atoms with Crippen molar-refractivity contribution >= 4 is 46.1 Å². The fraction of sp³-hybridized carbons (Fsp3) is 0.148. The molecule has 0 spiro atoms. The fourth-order valence-electron chi connectivity index (χ4n) is 4.35. The van der Waals surface area contributed by atoms with Gasteiger partial charge in [-0.15, -0.1) is 0 Å². The summed E-state index contributed by atoms with van der Waals surface area (Å²) in [5, 5.41) is 23.6. The molecular formula is C27H22N4O4S. The summed E-state index contributed by atoms with van der Waals surface area (Å²) in [6.07, 6.45) is 0.558. The smallest absolute Gasteiger partial charge is 0.335 e. The van der Waals surface area contributed by atoms with Crippen LogP contribution in [0.3, 0.4) is 0 Å². The molecule has 0 aliphatic carbocycles. The van der Waals surface area contributed by atoms with Crippen LogP contribution >= 0.6 is 11.8 Å². The lowest BCUT2D eigenvalue weighted by Gasteiger charge is -2.24. The van der Waals surface area contributed by atoms with E-state index in [4.69, 9.17) is 15.6 Å². The van der Waals surface area contributed by atoms with Gasteiger partial charge in [-0.2, -0.15) is 5.10 Å². The molecule has 180 valence electrons. The van der Waals surface area contributed by atoms with Gasteiger partial charge in [0.1, 0.15) is 5.25 Å². The number of nitrogens with zero attached hydrogens (tertiary/aromatic N) is 3. The summed E-state index contributed by atoms with van der Waals surface area (Å²) in [6.45, 7) is 0. The highest BCUT2D eigenvalue weighted by atomic mass is 32.2. The Morgan fingerprint density at radius 3 is 2.19 bits per heavy atom. The van der Waals surface area contributed by atoms with E-state index in [0.29, 0.717) is 12.1 Å². The maximum Gasteiger partial charge on any atom is 0.335 e. The normalized spacial score (nSPS) is 19.5. The van der Waals surface area contributed by atoms with E-state index in [0.717, 1.165) is 33.5 Å². The summed E-state index contributed by atoms with van der Waals surface area (Å²) in [5.74, 6) is -1.90. The topological polar surface area (TPSA) is 114 Å². The van der Waals surface area contributed by atoms with Crippen LogP contribution < -0.4 is 4.90 Å². The minimum absolute atomic E-state index is 0.0499. The van der Waals surface area contributed by atoms with Crippen molar-refractivity contribution in [3.8, 4) is 0 Å². The highest BCUT2D eigenvalue weighted by Crippen LogP contribution is 2.37. The van der Waals surface area contributed by atoms with E-state index in [1.807, 2.05) is 60.7 Å². The predicted octanol–water partition coefficient (Wildman–Crippen LogP) is 4.54. The number of rotatable bonds is 5. The second-order valence-electron chi connectivity index (χ2n) is 8.42. The molecule has 1 saturated heterocycles. The van der Waals surface area contributed by atoms with E-state index in [1.165, 1.54) is 24.3 Å². The Morgan fingerprint density at radius 1 is 0.917 bits per heavy atom. The van der Waals surface area contributed by atoms with Crippen molar-refractivity contribution < 1.29 is 19.5 Å². The first kappa shape index (κ1) is 23.5. The molecular weight excluding hydrogens is 476 g/mol. The molecule has 2 amide bonds. The van der Waals surface area contributed by atoms with E-state index in [9.17, 15) is 14.4 Å². The third-order valence-corrected chi connectivity index (χ3v) is 7.20. The number of carbonyl (C=O) groups excluding carboxylic acids is 2. The van der Waals surface area contributed by atoms with Crippen molar-refractivity contribution in [2.24, 2.45) is 5.10 Å². The number of thioether (sulfide) groups is 1. The number of amidine groups is 1. The number of benzene rings is 3. The number of imide groups is 1. The van der Waals surface area contributed by atoms with Gasteiger partial charge in [-0.3, -0.25) is 15.0 Å². The molecule has 2 aliphatic heterocycles. The highest BCUT2D eigenvalue weighted by Gasteiger charge is 2.42. The summed E-state index contributed by atoms with van der Waals surface area (Å²) in [6, 6.07) is 25.0. The van der Waals surface area contributed by atoms with Crippen LogP contribution in [0.2, 0.25) is 0 Å². The van der Waals surface area contributed by atoms with E-state index in [-0.39, 0.29) is 29.1 Å². The van der Waals surface area contributed by atoms with Crippen LogP contribution in [-0.2, 0) is 9.59 Å². The second-order valence-corrected chi connectivity index (χ2v) is 9.61. The van der Waals surface area contributed by atoms with Crippen LogP contribution in [0.15, 0.2) is 90.0 Å². The third kappa shape index (κ3) is 4.52. The number of nitrogens with one attached hydrogen (secondary N) is 1. The van der Waals surface area contributed by atoms with E-state index in [2.05, 4.69) is 0 Å². The van der Waals surface area contributed by atoms with Gasteiger partial charge >= 0.3 is 5.97 Å². The molecule has 0 unspecified atom stereocenters. The lowest BCUT2D eigenvalue weighted by Crippen LogP contribution is -2.32. The lowest BCUT2D eigenvalue weighted by atomic mass is 9.99. The van der Waals surface area contributed by atoms with Gasteiger partial charge in [0, 0.05) is 12.8 Å². The number of hydrazone groups is 1. The molecule has 2 atom stereocenters. The van der Waals surface area contributed by atoms with E-state index < -0.39 is 17.1 Å². The van der Waals surface area contributed by atoms with Crippen molar-refractivity contribution in [2.75, 3.05) is 4.90 Å². The van der Waals surface area contributed by atoms with Crippen molar-refractivity contribution in [1.29, 1.82) is 5.41 Å². The predicted molar refractivity (Wildman–Crippen MR) is 138 cm³/mol. The molecule has 3 aromatic rings. The number of carbonyl (C=O) groups is 3. The SMILES string of the molecule is N=C(S[C@@H]1CC(=O)N(c2ccc(C(=O)O)cc2)C1=O)N1N=C(c2ccccc2)C[C@H]1c1ccccc1. The molecule has 2 heterocycles. The van der Waals surface area contributed by atoms with Gasteiger partial charge in [-0.25, -0.2) is 14.7 Å². The molecule has 2 N–H and O–H groups in total. The largest absolute Gasteiger partial charge is 0.478 e. The highest BCUT2D eigenvalue weighted by molar-refractivity contribution is 8.14. The van der Waals surface area contributed by atoms with Crippen LogP contribution in [0.1, 0.15) is 40.4 Å². The maximum absolute atomic E-state index is 13.1. The van der Waals surface area contributed by atoms with Crippen LogP contribution in [0.5, 0.6) is 0 Å². The fourth-order valence-corrected chi connectivity index (χ4v) is 5.32. The zero-order chi connectivity index (χ0) is 25.2. The Hall–Kier alpha value is -4.24. The van der Waals surface area contributed by atoms with Crippen LogP contribution in [0, 0.1) is 5.41 Å². The first-order chi connectivity index (χ1) is 17.4. The maximum atomic E-state index is 13.1. The van der Waals surface area contributed by atoms with E-state index >= 15 is 0 Å². The number of hydrogen-bond acceptors (Lipinski definition) is 6. The number of carboxylic acid groups (broad SMARTS) is 1. The average Bonchev–Trinajstić information content (AvgIpc) is 3.46. The van der Waals surface area contributed by atoms with Gasteiger partial charge in [-0.05, 0) is 35.4 Å². The molecule has 0 radical (unpaired) electrons. The minimum atomic E-state index is -1.09. The number of carboxylic acids is 1. The second kappa shape index (κ2) is 9.79. The van der Waals surface area contributed by atoms with Gasteiger partial charge in [0.25, 0.3) is 0 Å². The Kier molecular flexibility index (Phi) is 6.39. The molecule has 8 nitrogen and oxygen atoms in total. The molecule has 0 saturated carbocycles. The molecule has 36 heavy (non-hydrogen) atoms. The minimum Gasteiger partial charge on any atom is -0.478 e. The van der Waals surface area contributed by atoms with Gasteiger partial charge in [0.15, 0.2) is 5.17 Å². The Labute approximate surface area is 211 Å². The van der Waals surface area contributed by atoms with Gasteiger partial charge in [-0.1, -0.05) is 72.4 Å². The van der Waals surface area contributed by atoms with Gasteiger partial charge in [0.2, 0.25) is 11.8 Å². The summed E-state index contributed by atoms with van der Waals surface area (Å²) < 4.78 is 0. The standard InChI is InChI=1S/C27H22N4O4S/c28-27(36-23-16-24(32)30(25(23)33)20-13-11-19(12-14-20)26(34)35)31-22(18-9-5-2-6-10-18)15-21(29-31)17-7-3-1-4-8-17/h1-14,22-23,28H,15-16H2,(H,34,35)/t22-,23+/m0/s1. The van der Waals surface area contributed by atoms with Crippen molar-refractivity contribution in [3.05, 3.63) is 102 Å². The number of aromatic carboxylic acids is 1. The molecule has 3 aromatic carbocycles. The Balaban J connectivity index is 1.37. The zero-order valence-corrected chi connectivity index (χ0v) is 19.9. The van der Waals surface area contributed by atoms with Gasteiger partial charge in [0.05, 0.1) is 23.0 Å². The summed E-state index contributed by atoms with van der Waals surface area (Å²) in [7, 11) is 0. The number of anilines is 1.